The van der Waals surface area contributed by atoms with E-state index >= 15 is 0 Å². The zero-order valence-electron chi connectivity index (χ0n) is 8.67. The van der Waals surface area contributed by atoms with E-state index < -0.39 is 17.4 Å². The second-order valence-electron chi connectivity index (χ2n) is 3.97. The van der Waals surface area contributed by atoms with Crippen LogP contribution in [0.25, 0.3) is 0 Å². The zero-order chi connectivity index (χ0) is 12.6. The predicted octanol–water partition coefficient (Wildman–Crippen LogP) is 2.29. The Bertz CT molecular complexity index is 499. The third kappa shape index (κ3) is 2.55. The zero-order valence-corrected chi connectivity index (χ0v) is 11.6. The van der Waals surface area contributed by atoms with Gasteiger partial charge in [-0.05, 0) is 53.6 Å². The topological polar surface area (TPSA) is 66.4 Å². The van der Waals surface area contributed by atoms with Crippen molar-refractivity contribution in [3.63, 3.8) is 0 Å². The lowest BCUT2D eigenvalue weighted by molar-refractivity contribution is -0.140. The lowest BCUT2D eigenvalue weighted by Crippen LogP contribution is -2.43. The number of benzene rings is 1. The molecule has 2 rings (SSSR count). The normalized spacial score (nSPS) is 16.4. The molecule has 6 heteroatoms. The van der Waals surface area contributed by atoms with Crippen LogP contribution in [0.3, 0.4) is 0 Å². The number of aliphatic carboxylic acids is 1. The molecule has 0 aromatic heterocycles. The first kappa shape index (κ1) is 12.6. The van der Waals surface area contributed by atoms with E-state index in [1.807, 2.05) is 22.6 Å². The van der Waals surface area contributed by atoms with E-state index in [0.29, 0.717) is 23.4 Å². The molecule has 2 N–H and O–H groups in total. The predicted molar refractivity (Wildman–Crippen MR) is 71.2 cm³/mol. The van der Waals surface area contributed by atoms with Gasteiger partial charge in [0.25, 0.3) is 5.91 Å². The number of carbonyl (C=O) groups is 2. The minimum absolute atomic E-state index is 0.392. The molecule has 17 heavy (non-hydrogen) atoms. The Balaban J connectivity index is 2.21. The molecule has 4 nitrogen and oxygen atoms in total. The van der Waals surface area contributed by atoms with E-state index in [2.05, 4.69) is 5.32 Å². The van der Waals surface area contributed by atoms with Crippen molar-refractivity contribution < 1.29 is 14.7 Å². The van der Waals surface area contributed by atoms with Gasteiger partial charge in [-0.15, -0.1) is 0 Å². The van der Waals surface area contributed by atoms with Gasteiger partial charge in [-0.1, -0.05) is 11.6 Å². The van der Waals surface area contributed by atoms with Crippen molar-refractivity contribution in [1.29, 1.82) is 0 Å². The summed E-state index contributed by atoms with van der Waals surface area (Å²) >= 11 is 7.83. The van der Waals surface area contributed by atoms with Crippen LogP contribution in [0.4, 0.5) is 0 Å². The summed E-state index contributed by atoms with van der Waals surface area (Å²) in [6, 6.07) is 4.94. The number of carbonyl (C=O) groups excluding carboxylic acids is 1. The monoisotopic (exact) mass is 365 g/mol. The van der Waals surface area contributed by atoms with Crippen LogP contribution >= 0.6 is 34.2 Å². The SMILES string of the molecule is O=C(NC1(C(=O)O)CC1)c1cc(Cl)ccc1I. The average Bonchev–Trinajstić information content (AvgIpc) is 3.02. The molecule has 0 saturated heterocycles. The van der Waals surface area contributed by atoms with Crippen molar-refractivity contribution >= 4 is 46.1 Å². The molecule has 1 saturated carbocycles. The van der Waals surface area contributed by atoms with E-state index in [1.165, 1.54) is 6.07 Å². The lowest BCUT2D eigenvalue weighted by Gasteiger charge is -2.13. The third-order valence-corrected chi connectivity index (χ3v) is 3.86. The van der Waals surface area contributed by atoms with Gasteiger partial charge >= 0.3 is 5.97 Å². The van der Waals surface area contributed by atoms with Crippen LogP contribution in [-0.2, 0) is 4.79 Å². The van der Waals surface area contributed by atoms with Crippen LogP contribution < -0.4 is 5.32 Å². The maximum absolute atomic E-state index is 11.9. The highest BCUT2D eigenvalue weighted by Gasteiger charge is 2.51. The fourth-order valence-corrected chi connectivity index (χ4v) is 2.23. The Morgan fingerprint density at radius 1 is 1.41 bits per heavy atom. The molecule has 1 aliphatic rings. The van der Waals surface area contributed by atoms with Crippen molar-refractivity contribution in [2.75, 3.05) is 0 Å². The molecule has 0 heterocycles. The quantitative estimate of drug-likeness (QED) is 0.808. The van der Waals surface area contributed by atoms with Crippen molar-refractivity contribution in [3.05, 3.63) is 32.4 Å². The molecular weight excluding hydrogens is 356 g/mol. The highest BCUT2D eigenvalue weighted by atomic mass is 127. The summed E-state index contributed by atoms with van der Waals surface area (Å²) in [5.74, 6) is -1.38. The smallest absolute Gasteiger partial charge is 0.329 e. The minimum atomic E-state index is -1.07. The second-order valence-corrected chi connectivity index (χ2v) is 5.56. The molecule has 0 radical (unpaired) electrons. The molecule has 1 aliphatic carbocycles. The van der Waals surface area contributed by atoms with Crippen LogP contribution in [0, 0.1) is 3.57 Å². The van der Waals surface area contributed by atoms with Gasteiger partial charge in [-0.3, -0.25) is 4.79 Å². The van der Waals surface area contributed by atoms with Crippen molar-refractivity contribution in [2.45, 2.75) is 18.4 Å². The van der Waals surface area contributed by atoms with Gasteiger partial charge in [-0.2, -0.15) is 0 Å². The number of hydrogen-bond donors (Lipinski definition) is 2. The average molecular weight is 366 g/mol. The molecule has 1 amide bonds. The summed E-state index contributed by atoms with van der Waals surface area (Å²) in [5.41, 5.74) is -0.659. The first-order valence-corrected chi connectivity index (χ1v) is 6.41. The van der Waals surface area contributed by atoms with Gasteiger partial charge < -0.3 is 10.4 Å². The van der Waals surface area contributed by atoms with E-state index in [9.17, 15) is 9.59 Å². The molecule has 0 spiro atoms. The maximum atomic E-state index is 11.9. The first-order chi connectivity index (χ1) is 7.94. The largest absolute Gasteiger partial charge is 0.480 e. The van der Waals surface area contributed by atoms with E-state index in [1.54, 1.807) is 12.1 Å². The van der Waals surface area contributed by atoms with Crippen LogP contribution in [0.5, 0.6) is 0 Å². The summed E-state index contributed by atoms with van der Waals surface area (Å²) in [4.78, 5) is 22.9. The van der Waals surface area contributed by atoms with Crippen LogP contribution in [-0.4, -0.2) is 22.5 Å². The molecule has 0 unspecified atom stereocenters. The summed E-state index contributed by atoms with van der Waals surface area (Å²) in [5, 5.41) is 12.0. The first-order valence-electron chi connectivity index (χ1n) is 4.95. The van der Waals surface area contributed by atoms with E-state index in [4.69, 9.17) is 16.7 Å². The number of halogens is 2. The maximum Gasteiger partial charge on any atom is 0.329 e. The highest BCUT2D eigenvalue weighted by molar-refractivity contribution is 14.1. The third-order valence-electron chi connectivity index (χ3n) is 2.69. The van der Waals surface area contributed by atoms with Gasteiger partial charge in [0.1, 0.15) is 5.54 Å². The Hall–Kier alpha value is -0.820. The van der Waals surface area contributed by atoms with Crippen LogP contribution in [0.15, 0.2) is 18.2 Å². The van der Waals surface area contributed by atoms with Gasteiger partial charge in [0, 0.05) is 8.59 Å². The molecule has 1 aromatic carbocycles. The summed E-state index contributed by atoms with van der Waals surface area (Å²) in [6.07, 6.45) is 0.955. The number of nitrogens with one attached hydrogen (secondary N) is 1. The fraction of sp³-hybridized carbons (Fsp3) is 0.273. The summed E-state index contributed by atoms with van der Waals surface area (Å²) < 4.78 is 0.741. The fourth-order valence-electron chi connectivity index (χ4n) is 1.47. The van der Waals surface area contributed by atoms with Crippen molar-refractivity contribution in [3.8, 4) is 0 Å². The molecule has 1 aromatic rings. The van der Waals surface area contributed by atoms with Gasteiger partial charge in [0.2, 0.25) is 0 Å². The number of carboxylic acids is 1. The summed E-state index contributed by atoms with van der Waals surface area (Å²) in [7, 11) is 0. The summed E-state index contributed by atoms with van der Waals surface area (Å²) in [6.45, 7) is 0. The molecule has 0 bridgehead atoms. The molecule has 90 valence electrons. The Morgan fingerprint density at radius 3 is 2.59 bits per heavy atom. The van der Waals surface area contributed by atoms with Crippen molar-refractivity contribution in [1.82, 2.24) is 5.32 Å². The van der Waals surface area contributed by atoms with E-state index in [0.717, 1.165) is 3.57 Å². The molecule has 0 atom stereocenters. The lowest BCUT2D eigenvalue weighted by atomic mass is 10.2. The van der Waals surface area contributed by atoms with E-state index in [-0.39, 0.29) is 0 Å². The standard InChI is InChI=1S/C11H9ClINO3/c12-6-1-2-8(13)7(5-6)9(15)14-11(3-4-11)10(16)17/h1-2,5H,3-4H2,(H,14,15)(H,16,17). The second kappa shape index (κ2) is 4.45. The van der Waals surface area contributed by atoms with Crippen LogP contribution in [0.1, 0.15) is 23.2 Å². The number of carboxylic acid groups (broad SMARTS) is 1. The van der Waals surface area contributed by atoms with Crippen molar-refractivity contribution in [2.24, 2.45) is 0 Å². The Labute approximate surface area is 116 Å². The Kier molecular flexibility index (Phi) is 3.31. The molecule has 0 aliphatic heterocycles. The van der Waals surface area contributed by atoms with Gasteiger partial charge in [-0.25, -0.2) is 4.79 Å². The highest BCUT2D eigenvalue weighted by Crippen LogP contribution is 2.36. The molecular formula is C11H9ClINO3. The minimum Gasteiger partial charge on any atom is -0.480 e. The number of rotatable bonds is 3. The van der Waals surface area contributed by atoms with Crippen LogP contribution in [0.2, 0.25) is 5.02 Å². The molecule has 1 fully saturated rings. The Morgan fingerprint density at radius 2 is 2.06 bits per heavy atom. The number of hydrogen-bond acceptors (Lipinski definition) is 2. The van der Waals surface area contributed by atoms with Gasteiger partial charge in [0.05, 0.1) is 5.56 Å². The number of amides is 1. The van der Waals surface area contributed by atoms with Gasteiger partial charge in [0.15, 0.2) is 0 Å².